The average molecular weight is 370 g/mol. The van der Waals surface area contributed by atoms with Gasteiger partial charge >= 0.3 is 0 Å². The van der Waals surface area contributed by atoms with Gasteiger partial charge in [0.2, 0.25) is 0 Å². The van der Waals surface area contributed by atoms with Gasteiger partial charge in [-0.1, -0.05) is 28.1 Å². The van der Waals surface area contributed by atoms with Gasteiger partial charge in [-0.25, -0.2) is 4.98 Å². The van der Waals surface area contributed by atoms with Gasteiger partial charge in [-0.2, -0.15) is 0 Å². The van der Waals surface area contributed by atoms with Gasteiger partial charge in [-0.15, -0.1) is 11.3 Å². The summed E-state index contributed by atoms with van der Waals surface area (Å²) in [5, 5.41) is 4.21. The zero-order valence-corrected chi connectivity index (χ0v) is 14.9. The lowest BCUT2D eigenvalue weighted by Crippen LogP contribution is -2.16. The van der Waals surface area contributed by atoms with Crippen molar-refractivity contribution >= 4 is 32.4 Å². The molecule has 4 nitrogen and oxygen atoms in total. The predicted octanol–water partition coefficient (Wildman–Crippen LogP) is 3.41. The van der Waals surface area contributed by atoms with E-state index in [1.807, 2.05) is 7.05 Å². The van der Waals surface area contributed by atoms with Crippen LogP contribution in [-0.2, 0) is 24.4 Å². The van der Waals surface area contributed by atoms with E-state index in [-0.39, 0.29) is 0 Å². The number of methoxy groups -OCH3 is 1. The lowest BCUT2D eigenvalue weighted by Gasteiger charge is -2.15. The molecule has 0 aliphatic rings. The molecule has 21 heavy (non-hydrogen) atoms. The maximum Gasteiger partial charge on any atom is 0.185 e. The molecule has 2 aromatic rings. The summed E-state index contributed by atoms with van der Waals surface area (Å²) in [6.07, 6.45) is 0. The van der Waals surface area contributed by atoms with Crippen molar-refractivity contribution in [2.45, 2.75) is 19.7 Å². The summed E-state index contributed by atoms with van der Waals surface area (Å²) in [6.45, 7) is 2.22. The number of thiazole rings is 1. The van der Waals surface area contributed by atoms with Gasteiger partial charge in [0, 0.05) is 36.6 Å². The number of hydrogen-bond donors (Lipinski definition) is 1. The number of nitrogens with one attached hydrogen (secondary N) is 1. The van der Waals surface area contributed by atoms with E-state index in [1.54, 1.807) is 18.4 Å². The number of nitrogens with zero attached hydrogens (tertiary/aromatic N) is 2. The number of halogens is 1. The molecule has 0 amide bonds. The fraction of sp³-hybridized carbons (Fsp3) is 0.400. The Balaban J connectivity index is 2.12. The number of ether oxygens (including phenoxy) is 1. The molecule has 0 aliphatic heterocycles. The Morgan fingerprint density at radius 3 is 2.67 bits per heavy atom. The van der Waals surface area contributed by atoms with Crippen molar-refractivity contribution < 1.29 is 4.74 Å². The fourth-order valence-electron chi connectivity index (χ4n) is 2.01. The van der Waals surface area contributed by atoms with Gasteiger partial charge in [-0.05, 0) is 24.7 Å². The van der Waals surface area contributed by atoms with E-state index < -0.39 is 0 Å². The van der Waals surface area contributed by atoms with Crippen molar-refractivity contribution in [2.75, 3.05) is 26.1 Å². The standard InChI is InChI=1S/C15H20BrN3OS/c1-17-8-14-13(10-20-3)18-15(21-14)19(2)9-11-4-6-12(16)7-5-11/h4-7,17H,8-10H2,1-3H3. The second-order valence-corrected chi connectivity index (χ2v) is 6.79. The first-order valence-corrected chi connectivity index (χ1v) is 8.32. The minimum atomic E-state index is 0.555. The Kier molecular flexibility index (Phi) is 6.17. The van der Waals surface area contributed by atoms with Gasteiger partial charge in [0.05, 0.1) is 12.3 Å². The van der Waals surface area contributed by atoms with Crippen LogP contribution in [0.4, 0.5) is 5.13 Å². The van der Waals surface area contributed by atoms with Crippen LogP contribution in [0.15, 0.2) is 28.7 Å². The molecule has 0 unspecified atom stereocenters. The zero-order valence-electron chi connectivity index (χ0n) is 12.5. The van der Waals surface area contributed by atoms with Crippen LogP contribution in [-0.4, -0.2) is 26.2 Å². The Morgan fingerprint density at radius 2 is 2.05 bits per heavy atom. The molecule has 114 valence electrons. The Labute approximate surface area is 138 Å². The molecule has 1 heterocycles. The summed E-state index contributed by atoms with van der Waals surface area (Å²) < 4.78 is 6.33. The van der Waals surface area contributed by atoms with Crippen LogP contribution in [0.2, 0.25) is 0 Å². The zero-order chi connectivity index (χ0) is 15.2. The molecular weight excluding hydrogens is 350 g/mol. The van der Waals surface area contributed by atoms with Crippen LogP contribution in [0.1, 0.15) is 16.1 Å². The molecule has 0 saturated heterocycles. The van der Waals surface area contributed by atoms with E-state index in [1.165, 1.54) is 10.4 Å². The molecule has 0 aliphatic carbocycles. The summed E-state index contributed by atoms with van der Waals surface area (Å²) in [4.78, 5) is 8.11. The summed E-state index contributed by atoms with van der Waals surface area (Å²) >= 11 is 5.18. The Hall–Kier alpha value is -0.950. The smallest absolute Gasteiger partial charge is 0.185 e. The summed E-state index contributed by atoms with van der Waals surface area (Å²) in [5.74, 6) is 0. The molecule has 0 spiro atoms. The summed E-state index contributed by atoms with van der Waals surface area (Å²) in [5.41, 5.74) is 2.29. The van der Waals surface area contributed by atoms with E-state index in [4.69, 9.17) is 9.72 Å². The molecule has 0 fully saturated rings. The van der Waals surface area contributed by atoms with Crippen LogP contribution in [0.25, 0.3) is 0 Å². The molecule has 2 rings (SSSR count). The van der Waals surface area contributed by atoms with Crippen molar-refractivity contribution in [2.24, 2.45) is 0 Å². The number of benzene rings is 1. The molecule has 6 heteroatoms. The number of hydrogen-bond acceptors (Lipinski definition) is 5. The van der Waals surface area contributed by atoms with Crippen LogP contribution in [0.5, 0.6) is 0 Å². The Bertz CT molecular complexity index is 547. The van der Waals surface area contributed by atoms with Gasteiger partial charge in [0.25, 0.3) is 0 Å². The van der Waals surface area contributed by atoms with Gasteiger partial charge in [-0.3, -0.25) is 0 Å². The largest absolute Gasteiger partial charge is 0.378 e. The van der Waals surface area contributed by atoms with E-state index >= 15 is 0 Å². The molecule has 0 radical (unpaired) electrons. The first-order valence-electron chi connectivity index (χ1n) is 6.71. The topological polar surface area (TPSA) is 37.4 Å². The highest BCUT2D eigenvalue weighted by molar-refractivity contribution is 9.10. The third kappa shape index (κ3) is 4.51. The number of aromatic nitrogens is 1. The number of rotatable bonds is 7. The maximum absolute atomic E-state index is 5.23. The highest BCUT2D eigenvalue weighted by Gasteiger charge is 2.13. The van der Waals surface area contributed by atoms with Gasteiger partial charge in [0.15, 0.2) is 5.13 Å². The lowest BCUT2D eigenvalue weighted by atomic mass is 10.2. The highest BCUT2D eigenvalue weighted by atomic mass is 79.9. The highest BCUT2D eigenvalue weighted by Crippen LogP contribution is 2.27. The SMILES string of the molecule is CNCc1sc(N(C)Cc2ccc(Br)cc2)nc1COC. The van der Waals surface area contributed by atoms with E-state index in [2.05, 4.69) is 57.5 Å². The quantitative estimate of drug-likeness (QED) is 0.811. The third-order valence-corrected chi connectivity index (χ3v) is 4.79. The molecule has 1 aromatic heterocycles. The van der Waals surface area contributed by atoms with Gasteiger partial charge < -0.3 is 15.0 Å². The number of anilines is 1. The third-order valence-electron chi connectivity index (χ3n) is 3.04. The van der Waals surface area contributed by atoms with Crippen LogP contribution in [0.3, 0.4) is 0 Å². The average Bonchev–Trinajstić information content (AvgIpc) is 2.86. The fourth-order valence-corrected chi connectivity index (χ4v) is 3.31. The van der Waals surface area contributed by atoms with E-state index in [9.17, 15) is 0 Å². The second-order valence-electron chi connectivity index (χ2n) is 4.81. The van der Waals surface area contributed by atoms with Crippen molar-refractivity contribution in [3.8, 4) is 0 Å². The van der Waals surface area contributed by atoms with Crippen molar-refractivity contribution in [3.05, 3.63) is 44.9 Å². The minimum Gasteiger partial charge on any atom is -0.378 e. The van der Waals surface area contributed by atoms with Crippen LogP contribution in [0, 0.1) is 0 Å². The van der Waals surface area contributed by atoms with Crippen LogP contribution < -0.4 is 10.2 Å². The lowest BCUT2D eigenvalue weighted by molar-refractivity contribution is 0.181. The van der Waals surface area contributed by atoms with Gasteiger partial charge in [0.1, 0.15) is 0 Å². The van der Waals surface area contributed by atoms with E-state index in [0.29, 0.717) is 6.61 Å². The molecule has 1 N–H and O–H groups in total. The summed E-state index contributed by atoms with van der Waals surface area (Å²) in [7, 11) is 5.72. The molecule has 0 bridgehead atoms. The van der Waals surface area contributed by atoms with Crippen LogP contribution >= 0.6 is 27.3 Å². The van der Waals surface area contributed by atoms with Crippen molar-refractivity contribution in [1.82, 2.24) is 10.3 Å². The molecule has 0 atom stereocenters. The maximum atomic E-state index is 5.23. The monoisotopic (exact) mass is 369 g/mol. The van der Waals surface area contributed by atoms with Crippen molar-refractivity contribution in [1.29, 1.82) is 0 Å². The molecule has 0 saturated carbocycles. The first-order chi connectivity index (χ1) is 10.1. The molecular formula is C15H20BrN3OS. The normalized spacial score (nSPS) is 10.9. The van der Waals surface area contributed by atoms with Crippen molar-refractivity contribution in [3.63, 3.8) is 0 Å². The first kappa shape index (κ1) is 16.4. The van der Waals surface area contributed by atoms with E-state index in [0.717, 1.165) is 28.4 Å². The Morgan fingerprint density at radius 1 is 1.33 bits per heavy atom. The predicted molar refractivity (Wildman–Crippen MR) is 91.8 cm³/mol. The summed E-state index contributed by atoms with van der Waals surface area (Å²) in [6, 6.07) is 8.37. The second kappa shape index (κ2) is 7.89. The molecule has 1 aromatic carbocycles. The minimum absolute atomic E-state index is 0.555.